The molecule has 0 spiro atoms. The van der Waals surface area contributed by atoms with Crippen LogP contribution in [0.3, 0.4) is 0 Å². The van der Waals surface area contributed by atoms with Crippen LogP contribution in [0.4, 0.5) is 4.79 Å². The molecule has 2 rings (SSSR count). The van der Waals surface area contributed by atoms with Crippen molar-refractivity contribution in [3.05, 3.63) is 22.4 Å². The van der Waals surface area contributed by atoms with E-state index in [1.54, 1.807) is 16.2 Å². The van der Waals surface area contributed by atoms with Gasteiger partial charge in [0.05, 0.1) is 12.6 Å². The van der Waals surface area contributed by atoms with Gasteiger partial charge in [0.2, 0.25) is 5.91 Å². The van der Waals surface area contributed by atoms with Crippen LogP contribution in [0.25, 0.3) is 0 Å². The Labute approximate surface area is 123 Å². The monoisotopic (exact) mass is 295 g/mol. The van der Waals surface area contributed by atoms with E-state index in [0.29, 0.717) is 13.1 Å². The molecule has 5 nitrogen and oxygen atoms in total. The van der Waals surface area contributed by atoms with E-state index in [4.69, 9.17) is 0 Å². The van der Waals surface area contributed by atoms with E-state index in [-0.39, 0.29) is 24.5 Å². The van der Waals surface area contributed by atoms with Gasteiger partial charge in [-0.3, -0.25) is 9.69 Å². The molecule has 2 heterocycles. The maximum Gasteiger partial charge on any atom is 0.327 e. The zero-order chi connectivity index (χ0) is 14.7. The van der Waals surface area contributed by atoms with Crippen molar-refractivity contribution in [1.82, 2.24) is 14.7 Å². The predicted octanol–water partition coefficient (Wildman–Crippen LogP) is 2.03. The molecule has 20 heavy (non-hydrogen) atoms. The number of amides is 3. The van der Waals surface area contributed by atoms with Gasteiger partial charge >= 0.3 is 6.03 Å². The summed E-state index contributed by atoms with van der Waals surface area (Å²) in [6.45, 7) is 3.30. The highest BCUT2D eigenvalue weighted by atomic mass is 32.1. The van der Waals surface area contributed by atoms with E-state index >= 15 is 0 Å². The minimum absolute atomic E-state index is 0.0597. The van der Waals surface area contributed by atoms with Crippen molar-refractivity contribution >= 4 is 23.3 Å². The van der Waals surface area contributed by atoms with E-state index in [9.17, 15) is 9.59 Å². The average molecular weight is 295 g/mol. The van der Waals surface area contributed by atoms with E-state index in [0.717, 1.165) is 6.42 Å². The van der Waals surface area contributed by atoms with Crippen molar-refractivity contribution in [3.63, 3.8) is 0 Å². The van der Waals surface area contributed by atoms with Crippen molar-refractivity contribution in [2.75, 3.05) is 33.7 Å². The van der Waals surface area contributed by atoms with Gasteiger partial charge in [-0.1, -0.05) is 13.0 Å². The van der Waals surface area contributed by atoms with Gasteiger partial charge in [-0.25, -0.2) is 4.79 Å². The molecule has 0 aromatic carbocycles. The second kappa shape index (κ2) is 6.37. The molecule has 0 bridgehead atoms. The molecule has 1 aliphatic heterocycles. The standard InChI is InChI=1S/C14H21N3O2S/c1-4-7-16-10-13(18)17(14(16)19)9-11(15(2)3)12-6-5-8-20-12/h5-6,8,11H,4,7,9-10H2,1-3H3. The maximum absolute atomic E-state index is 12.2. The van der Waals surface area contributed by atoms with Gasteiger partial charge in [0.15, 0.2) is 0 Å². The summed E-state index contributed by atoms with van der Waals surface area (Å²) >= 11 is 1.65. The Morgan fingerprint density at radius 3 is 2.70 bits per heavy atom. The van der Waals surface area contributed by atoms with Gasteiger partial charge in [0.25, 0.3) is 0 Å². The smallest absolute Gasteiger partial charge is 0.315 e. The second-order valence-electron chi connectivity index (χ2n) is 5.20. The molecular formula is C14H21N3O2S. The van der Waals surface area contributed by atoms with Crippen LogP contribution in [0.5, 0.6) is 0 Å². The van der Waals surface area contributed by atoms with E-state index in [1.165, 1.54) is 9.78 Å². The molecule has 1 fully saturated rings. The first-order chi connectivity index (χ1) is 9.54. The van der Waals surface area contributed by atoms with Crippen LogP contribution in [0.1, 0.15) is 24.3 Å². The molecule has 1 saturated heterocycles. The molecule has 3 amide bonds. The lowest BCUT2D eigenvalue weighted by Crippen LogP contribution is -2.39. The molecule has 0 saturated carbocycles. The van der Waals surface area contributed by atoms with Crippen LogP contribution in [0, 0.1) is 0 Å². The Balaban J connectivity index is 2.11. The number of carbonyl (C=O) groups excluding carboxylic acids is 2. The summed E-state index contributed by atoms with van der Waals surface area (Å²) in [5.74, 6) is -0.0909. The Bertz CT molecular complexity index is 473. The van der Waals surface area contributed by atoms with Crippen LogP contribution in [0.2, 0.25) is 0 Å². The number of urea groups is 1. The van der Waals surface area contributed by atoms with E-state index in [2.05, 4.69) is 4.90 Å². The first-order valence-electron chi connectivity index (χ1n) is 6.83. The lowest BCUT2D eigenvalue weighted by molar-refractivity contribution is -0.125. The van der Waals surface area contributed by atoms with Gasteiger partial charge in [0, 0.05) is 11.4 Å². The zero-order valence-electron chi connectivity index (χ0n) is 12.2. The third-order valence-corrected chi connectivity index (χ3v) is 4.45. The lowest BCUT2D eigenvalue weighted by Gasteiger charge is -2.27. The fraction of sp³-hybridized carbons (Fsp3) is 0.571. The van der Waals surface area contributed by atoms with Crippen LogP contribution in [0.15, 0.2) is 17.5 Å². The second-order valence-corrected chi connectivity index (χ2v) is 6.18. The first-order valence-corrected chi connectivity index (χ1v) is 7.71. The molecule has 110 valence electrons. The summed E-state index contributed by atoms with van der Waals surface area (Å²) in [5.41, 5.74) is 0. The fourth-order valence-electron chi connectivity index (χ4n) is 2.38. The highest BCUT2D eigenvalue weighted by Crippen LogP contribution is 2.25. The Hall–Kier alpha value is -1.40. The quantitative estimate of drug-likeness (QED) is 0.754. The van der Waals surface area contributed by atoms with Gasteiger partial charge in [0.1, 0.15) is 6.54 Å². The molecule has 1 unspecified atom stereocenters. The average Bonchev–Trinajstić information content (AvgIpc) is 2.99. The van der Waals surface area contributed by atoms with Crippen molar-refractivity contribution in [3.8, 4) is 0 Å². The molecule has 1 aliphatic rings. The first kappa shape index (κ1) is 15.0. The Kier molecular flexibility index (Phi) is 4.77. The van der Waals surface area contributed by atoms with Gasteiger partial charge in [-0.15, -0.1) is 11.3 Å². The number of rotatable bonds is 6. The van der Waals surface area contributed by atoms with Gasteiger partial charge in [-0.05, 0) is 32.0 Å². The number of nitrogens with zero attached hydrogens (tertiary/aromatic N) is 3. The SMILES string of the molecule is CCCN1CC(=O)N(CC(c2cccs2)N(C)C)C1=O. The van der Waals surface area contributed by atoms with Crippen molar-refractivity contribution in [2.24, 2.45) is 0 Å². The van der Waals surface area contributed by atoms with Gasteiger partial charge < -0.3 is 9.80 Å². The summed E-state index contributed by atoms with van der Waals surface area (Å²) < 4.78 is 0. The Morgan fingerprint density at radius 1 is 1.40 bits per heavy atom. The predicted molar refractivity (Wildman–Crippen MR) is 79.7 cm³/mol. The molecule has 0 radical (unpaired) electrons. The highest BCUT2D eigenvalue weighted by molar-refractivity contribution is 7.10. The molecule has 1 atom stereocenters. The normalized spacial score (nSPS) is 17.4. The van der Waals surface area contributed by atoms with E-state index in [1.807, 2.05) is 38.5 Å². The van der Waals surface area contributed by atoms with Crippen LogP contribution in [-0.4, -0.2) is 60.4 Å². The molecule has 0 aliphatic carbocycles. The highest BCUT2D eigenvalue weighted by Gasteiger charge is 2.37. The number of imide groups is 1. The number of likely N-dealkylation sites (N-methyl/N-ethyl adjacent to an activating group) is 1. The third-order valence-electron chi connectivity index (χ3n) is 3.47. The number of thiophene rings is 1. The van der Waals surface area contributed by atoms with Crippen LogP contribution in [-0.2, 0) is 4.79 Å². The number of hydrogen-bond donors (Lipinski definition) is 0. The summed E-state index contributed by atoms with van der Waals surface area (Å²) in [6.07, 6.45) is 0.870. The number of carbonyl (C=O) groups is 2. The van der Waals surface area contributed by atoms with Crippen molar-refractivity contribution < 1.29 is 9.59 Å². The summed E-state index contributed by atoms with van der Waals surface area (Å²) in [6, 6.07) is 3.95. The Morgan fingerprint density at radius 2 is 2.15 bits per heavy atom. The third kappa shape index (κ3) is 3.02. The summed E-state index contributed by atoms with van der Waals surface area (Å²) in [7, 11) is 3.94. The minimum atomic E-state index is -0.153. The summed E-state index contributed by atoms with van der Waals surface area (Å²) in [5, 5.41) is 2.02. The van der Waals surface area contributed by atoms with Crippen molar-refractivity contribution in [2.45, 2.75) is 19.4 Å². The largest absolute Gasteiger partial charge is 0.327 e. The molecule has 6 heteroatoms. The molecule has 1 aromatic rings. The maximum atomic E-state index is 12.2. The van der Waals surface area contributed by atoms with Crippen molar-refractivity contribution in [1.29, 1.82) is 0 Å². The molecule has 0 N–H and O–H groups in total. The lowest BCUT2D eigenvalue weighted by atomic mass is 10.2. The molecule has 1 aromatic heterocycles. The van der Waals surface area contributed by atoms with E-state index < -0.39 is 0 Å². The minimum Gasteiger partial charge on any atom is -0.315 e. The van der Waals surface area contributed by atoms with Crippen LogP contribution < -0.4 is 0 Å². The fourth-order valence-corrected chi connectivity index (χ4v) is 3.29. The zero-order valence-corrected chi connectivity index (χ0v) is 13.0. The summed E-state index contributed by atoms with van der Waals surface area (Å²) in [4.78, 5) is 30.5. The molecular weight excluding hydrogens is 274 g/mol. The van der Waals surface area contributed by atoms with Crippen LogP contribution >= 0.6 is 11.3 Å². The number of hydrogen-bond acceptors (Lipinski definition) is 4. The van der Waals surface area contributed by atoms with Gasteiger partial charge in [-0.2, -0.15) is 0 Å². The topological polar surface area (TPSA) is 43.9 Å².